The number of benzene rings is 2. The van der Waals surface area contributed by atoms with E-state index < -0.39 is 0 Å². The Kier molecular flexibility index (Phi) is 5.25. The largest absolute Gasteiger partial charge is 0.493 e. The maximum absolute atomic E-state index is 12.0. The fourth-order valence-electron chi connectivity index (χ4n) is 2.09. The van der Waals surface area contributed by atoms with Gasteiger partial charge in [-0.3, -0.25) is 0 Å². The van der Waals surface area contributed by atoms with Crippen LogP contribution in [-0.4, -0.2) is 20.3 Å². The first-order chi connectivity index (χ1) is 10.6. The lowest BCUT2D eigenvalue weighted by atomic mass is 10.1. The van der Waals surface area contributed by atoms with Crippen molar-refractivity contribution in [1.29, 1.82) is 0 Å². The van der Waals surface area contributed by atoms with Crippen LogP contribution in [0.5, 0.6) is 11.5 Å². The number of nitrogens with one attached hydrogen (secondary N) is 2. The Morgan fingerprint density at radius 1 is 1.00 bits per heavy atom. The van der Waals surface area contributed by atoms with Crippen molar-refractivity contribution in [3.05, 3.63) is 54.1 Å². The molecule has 2 aromatic rings. The van der Waals surface area contributed by atoms with E-state index in [1.165, 1.54) is 0 Å². The highest BCUT2D eigenvalue weighted by Gasteiger charge is 2.12. The predicted molar refractivity (Wildman–Crippen MR) is 86.6 cm³/mol. The summed E-state index contributed by atoms with van der Waals surface area (Å²) in [6.07, 6.45) is 0. The lowest BCUT2D eigenvalue weighted by Crippen LogP contribution is -2.31. The monoisotopic (exact) mass is 300 g/mol. The summed E-state index contributed by atoms with van der Waals surface area (Å²) < 4.78 is 10.5. The Hall–Kier alpha value is -2.69. The highest BCUT2D eigenvalue weighted by atomic mass is 16.5. The van der Waals surface area contributed by atoms with Crippen molar-refractivity contribution in [2.75, 3.05) is 19.5 Å². The van der Waals surface area contributed by atoms with Gasteiger partial charge >= 0.3 is 6.03 Å². The molecular formula is C17H20N2O3. The van der Waals surface area contributed by atoms with Gasteiger partial charge in [0.2, 0.25) is 0 Å². The normalized spacial score (nSPS) is 11.4. The molecule has 5 nitrogen and oxygen atoms in total. The first-order valence-corrected chi connectivity index (χ1v) is 6.98. The van der Waals surface area contributed by atoms with Gasteiger partial charge in [-0.2, -0.15) is 0 Å². The summed E-state index contributed by atoms with van der Waals surface area (Å²) in [6, 6.07) is 14.5. The van der Waals surface area contributed by atoms with E-state index in [0.29, 0.717) is 11.5 Å². The number of rotatable bonds is 5. The summed E-state index contributed by atoms with van der Waals surface area (Å²) in [7, 11) is 3.17. The summed E-state index contributed by atoms with van der Waals surface area (Å²) in [4.78, 5) is 12.0. The van der Waals surface area contributed by atoms with Crippen LogP contribution in [0.4, 0.5) is 10.5 Å². The van der Waals surface area contributed by atoms with Crippen molar-refractivity contribution >= 4 is 11.7 Å². The fraction of sp³-hybridized carbons (Fsp3) is 0.235. The third-order valence-electron chi connectivity index (χ3n) is 3.29. The third-order valence-corrected chi connectivity index (χ3v) is 3.29. The average molecular weight is 300 g/mol. The number of para-hydroxylation sites is 1. The zero-order valence-corrected chi connectivity index (χ0v) is 12.9. The smallest absolute Gasteiger partial charge is 0.319 e. The Morgan fingerprint density at radius 3 is 2.32 bits per heavy atom. The molecule has 2 N–H and O–H groups in total. The minimum Gasteiger partial charge on any atom is -0.493 e. The summed E-state index contributed by atoms with van der Waals surface area (Å²) in [5.74, 6) is 1.30. The molecule has 1 atom stereocenters. The highest BCUT2D eigenvalue weighted by Crippen LogP contribution is 2.29. The van der Waals surface area contributed by atoms with Crippen LogP contribution >= 0.6 is 0 Å². The van der Waals surface area contributed by atoms with E-state index in [2.05, 4.69) is 10.6 Å². The SMILES string of the molecule is COc1ccc([C@H](C)NC(=O)Nc2ccccc2)cc1OC. The van der Waals surface area contributed by atoms with Gasteiger partial charge in [-0.05, 0) is 36.8 Å². The zero-order valence-electron chi connectivity index (χ0n) is 12.9. The number of carbonyl (C=O) groups excluding carboxylic acids is 1. The second-order valence-corrected chi connectivity index (χ2v) is 4.80. The molecule has 0 heterocycles. The van der Waals surface area contributed by atoms with Crippen LogP contribution < -0.4 is 20.1 Å². The van der Waals surface area contributed by atoms with Crippen LogP contribution in [0, 0.1) is 0 Å². The maximum Gasteiger partial charge on any atom is 0.319 e. The van der Waals surface area contributed by atoms with Gasteiger partial charge in [0.25, 0.3) is 0 Å². The van der Waals surface area contributed by atoms with Crippen molar-refractivity contribution < 1.29 is 14.3 Å². The number of hydrogen-bond donors (Lipinski definition) is 2. The van der Waals surface area contributed by atoms with E-state index in [4.69, 9.17) is 9.47 Å². The number of amides is 2. The number of methoxy groups -OCH3 is 2. The van der Waals surface area contributed by atoms with Crippen LogP contribution in [0.2, 0.25) is 0 Å². The number of ether oxygens (including phenoxy) is 2. The van der Waals surface area contributed by atoms with Crippen LogP contribution in [0.3, 0.4) is 0 Å². The number of carbonyl (C=O) groups is 1. The lowest BCUT2D eigenvalue weighted by molar-refractivity contribution is 0.249. The molecular weight excluding hydrogens is 280 g/mol. The molecule has 0 spiro atoms. The molecule has 2 amide bonds. The van der Waals surface area contributed by atoms with Gasteiger partial charge < -0.3 is 20.1 Å². The van der Waals surface area contributed by atoms with Gasteiger partial charge in [0.1, 0.15) is 0 Å². The molecule has 0 fully saturated rings. The molecule has 0 aliphatic carbocycles. The Balaban J connectivity index is 2.02. The van der Waals surface area contributed by atoms with Gasteiger partial charge in [0.05, 0.1) is 20.3 Å². The van der Waals surface area contributed by atoms with E-state index in [-0.39, 0.29) is 12.1 Å². The highest BCUT2D eigenvalue weighted by molar-refractivity contribution is 5.89. The standard InChI is InChI=1S/C17H20N2O3/c1-12(13-9-10-15(21-2)16(11-13)22-3)18-17(20)19-14-7-5-4-6-8-14/h4-12H,1-3H3,(H2,18,19,20)/t12-/m0/s1. The molecule has 2 aromatic carbocycles. The molecule has 5 heteroatoms. The van der Waals surface area contributed by atoms with Gasteiger partial charge in [-0.1, -0.05) is 24.3 Å². The molecule has 0 saturated carbocycles. The number of hydrogen-bond acceptors (Lipinski definition) is 3. The van der Waals surface area contributed by atoms with Crippen LogP contribution in [0.15, 0.2) is 48.5 Å². The molecule has 22 heavy (non-hydrogen) atoms. The Bertz CT molecular complexity index is 629. The average Bonchev–Trinajstić information content (AvgIpc) is 2.54. The van der Waals surface area contributed by atoms with Crippen molar-refractivity contribution in [2.24, 2.45) is 0 Å². The van der Waals surface area contributed by atoms with E-state index in [0.717, 1.165) is 11.3 Å². The van der Waals surface area contributed by atoms with Gasteiger partial charge in [0.15, 0.2) is 11.5 Å². The second kappa shape index (κ2) is 7.36. The van der Waals surface area contributed by atoms with Crippen LogP contribution in [0.25, 0.3) is 0 Å². The summed E-state index contributed by atoms with van der Waals surface area (Å²) in [6.45, 7) is 1.91. The summed E-state index contributed by atoms with van der Waals surface area (Å²) in [5, 5.41) is 5.67. The molecule has 0 saturated heterocycles. The minimum atomic E-state index is -0.256. The summed E-state index contributed by atoms with van der Waals surface area (Å²) >= 11 is 0. The first-order valence-electron chi connectivity index (χ1n) is 6.98. The molecule has 0 bridgehead atoms. The lowest BCUT2D eigenvalue weighted by Gasteiger charge is -2.17. The molecule has 0 unspecified atom stereocenters. The van der Waals surface area contributed by atoms with E-state index in [1.54, 1.807) is 14.2 Å². The van der Waals surface area contributed by atoms with E-state index in [9.17, 15) is 4.79 Å². The van der Waals surface area contributed by atoms with E-state index >= 15 is 0 Å². The number of anilines is 1. The van der Waals surface area contributed by atoms with Crippen molar-refractivity contribution in [1.82, 2.24) is 5.32 Å². The summed E-state index contributed by atoms with van der Waals surface area (Å²) in [5.41, 5.74) is 1.68. The van der Waals surface area contributed by atoms with Crippen LogP contribution in [0.1, 0.15) is 18.5 Å². The maximum atomic E-state index is 12.0. The first kappa shape index (κ1) is 15.7. The molecule has 0 aromatic heterocycles. The quantitative estimate of drug-likeness (QED) is 0.887. The van der Waals surface area contributed by atoms with Gasteiger partial charge in [-0.15, -0.1) is 0 Å². The molecule has 0 radical (unpaired) electrons. The number of urea groups is 1. The van der Waals surface area contributed by atoms with Crippen molar-refractivity contribution in [2.45, 2.75) is 13.0 Å². The van der Waals surface area contributed by atoms with Gasteiger partial charge in [0, 0.05) is 5.69 Å². The zero-order chi connectivity index (χ0) is 15.9. The van der Waals surface area contributed by atoms with Gasteiger partial charge in [-0.25, -0.2) is 4.79 Å². The molecule has 116 valence electrons. The van der Waals surface area contributed by atoms with Crippen molar-refractivity contribution in [3.8, 4) is 11.5 Å². The van der Waals surface area contributed by atoms with Crippen LogP contribution in [-0.2, 0) is 0 Å². The fourth-order valence-corrected chi connectivity index (χ4v) is 2.09. The Labute approximate surface area is 130 Å². The molecule has 0 aliphatic heterocycles. The Morgan fingerprint density at radius 2 is 1.68 bits per heavy atom. The van der Waals surface area contributed by atoms with E-state index in [1.807, 2.05) is 55.5 Å². The molecule has 0 aliphatic rings. The van der Waals surface area contributed by atoms with Crippen molar-refractivity contribution in [3.63, 3.8) is 0 Å². The topological polar surface area (TPSA) is 59.6 Å². The minimum absolute atomic E-state index is 0.163. The molecule has 2 rings (SSSR count). The third kappa shape index (κ3) is 3.91. The second-order valence-electron chi connectivity index (χ2n) is 4.80. The predicted octanol–water partition coefficient (Wildman–Crippen LogP) is 3.59.